The summed E-state index contributed by atoms with van der Waals surface area (Å²) in [5.41, 5.74) is 2.30. The van der Waals surface area contributed by atoms with Gasteiger partial charge in [-0.2, -0.15) is 0 Å². The van der Waals surface area contributed by atoms with Gasteiger partial charge >= 0.3 is 0 Å². The van der Waals surface area contributed by atoms with Gasteiger partial charge in [0.25, 0.3) is 0 Å². The summed E-state index contributed by atoms with van der Waals surface area (Å²) in [6.45, 7) is 3.58. The van der Waals surface area contributed by atoms with Crippen molar-refractivity contribution in [3.63, 3.8) is 0 Å². The summed E-state index contributed by atoms with van der Waals surface area (Å²) in [5.74, 6) is -1.34. The predicted molar refractivity (Wildman–Crippen MR) is 84.6 cm³/mol. The van der Waals surface area contributed by atoms with Gasteiger partial charge in [-0.25, -0.2) is 8.42 Å². The van der Waals surface area contributed by atoms with Crippen LogP contribution in [0.15, 0.2) is 48.8 Å². The van der Waals surface area contributed by atoms with Crippen molar-refractivity contribution >= 4 is 15.9 Å². The van der Waals surface area contributed by atoms with Crippen LogP contribution in [0.1, 0.15) is 29.5 Å². The predicted octanol–water partition coefficient (Wildman–Crippen LogP) is 2.14. The molecule has 0 aliphatic rings. The van der Waals surface area contributed by atoms with Crippen LogP contribution < -0.4 is 4.72 Å². The van der Waals surface area contributed by atoms with Gasteiger partial charge < -0.3 is 0 Å². The van der Waals surface area contributed by atoms with E-state index >= 15 is 0 Å². The summed E-state index contributed by atoms with van der Waals surface area (Å²) in [6, 6.07) is 10.7. The van der Waals surface area contributed by atoms with E-state index in [1.807, 2.05) is 31.2 Å². The van der Waals surface area contributed by atoms with Gasteiger partial charge in [-0.05, 0) is 36.6 Å². The molecule has 0 aliphatic carbocycles. The van der Waals surface area contributed by atoms with E-state index in [1.165, 1.54) is 6.20 Å². The molecule has 1 unspecified atom stereocenters. The molecule has 1 N–H and O–H groups in total. The molecule has 1 aromatic heterocycles. The minimum Gasteiger partial charge on any atom is -0.273 e. The second kappa shape index (κ2) is 6.70. The number of benzene rings is 1. The van der Waals surface area contributed by atoms with Crippen LogP contribution in [0.25, 0.3) is 0 Å². The third-order valence-corrected chi connectivity index (χ3v) is 4.61. The van der Waals surface area contributed by atoms with Gasteiger partial charge in [-0.1, -0.05) is 30.3 Å². The van der Waals surface area contributed by atoms with Crippen LogP contribution >= 0.6 is 0 Å². The number of pyridine rings is 1. The van der Waals surface area contributed by atoms with Gasteiger partial charge in [0.15, 0.2) is 0 Å². The number of hydrogen-bond acceptors (Lipinski definition) is 4. The lowest BCUT2D eigenvalue weighted by Crippen LogP contribution is -2.34. The van der Waals surface area contributed by atoms with Crippen molar-refractivity contribution in [2.45, 2.75) is 25.5 Å². The largest absolute Gasteiger partial charge is 0.273 e. The first kappa shape index (κ1) is 16.2. The highest BCUT2D eigenvalue weighted by Gasteiger charge is 2.22. The Labute approximate surface area is 130 Å². The highest BCUT2D eigenvalue weighted by Crippen LogP contribution is 2.19. The van der Waals surface area contributed by atoms with Crippen molar-refractivity contribution in [2.75, 3.05) is 0 Å². The first-order valence-corrected chi connectivity index (χ1v) is 8.53. The van der Waals surface area contributed by atoms with Crippen molar-refractivity contribution in [3.8, 4) is 0 Å². The van der Waals surface area contributed by atoms with Crippen LogP contribution in [0.3, 0.4) is 0 Å². The molecule has 0 aliphatic heterocycles. The van der Waals surface area contributed by atoms with Crippen LogP contribution in [0.2, 0.25) is 0 Å². The molecule has 0 fully saturated rings. The molecule has 2 rings (SSSR count). The third-order valence-electron chi connectivity index (χ3n) is 3.38. The number of rotatable bonds is 5. The maximum Gasteiger partial charge on any atom is 0.240 e. The molecule has 1 amide bonds. The molecule has 116 valence electrons. The SMILES string of the molecule is Cc1ccccc1C(C)C(=O)NS(=O)(=O)Cc1cccnc1. The summed E-state index contributed by atoms with van der Waals surface area (Å²) in [4.78, 5) is 16.1. The second-order valence-corrected chi connectivity index (χ2v) is 6.89. The average molecular weight is 318 g/mol. The Kier molecular flexibility index (Phi) is 4.92. The van der Waals surface area contributed by atoms with Crippen molar-refractivity contribution in [3.05, 3.63) is 65.5 Å². The molecular weight excluding hydrogens is 300 g/mol. The van der Waals surface area contributed by atoms with Crippen molar-refractivity contribution in [1.29, 1.82) is 0 Å². The number of nitrogens with one attached hydrogen (secondary N) is 1. The van der Waals surface area contributed by atoms with E-state index in [1.54, 1.807) is 25.3 Å². The first-order valence-electron chi connectivity index (χ1n) is 6.88. The lowest BCUT2D eigenvalue weighted by Gasteiger charge is -2.15. The molecule has 1 aromatic carbocycles. The summed E-state index contributed by atoms with van der Waals surface area (Å²) in [7, 11) is -3.74. The molecule has 6 heteroatoms. The fourth-order valence-electron chi connectivity index (χ4n) is 2.19. The molecule has 1 atom stereocenters. The Bertz CT molecular complexity index is 758. The summed E-state index contributed by atoms with van der Waals surface area (Å²) in [6.07, 6.45) is 3.03. The summed E-state index contributed by atoms with van der Waals surface area (Å²) < 4.78 is 26.3. The standard InChI is InChI=1S/C16H18N2O3S/c1-12-6-3-4-8-15(12)13(2)16(19)18-22(20,21)11-14-7-5-9-17-10-14/h3-10,13H,11H2,1-2H3,(H,18,19). The van der Waals surface area contributed by atoms with Crippen molar-refractivity contribution in [1.82, 2.24) is 9.71 Å². The molecule has 0 radical (unpaired) electrons. The minimum absolute atomic E-state index is 0.271. The van der Waals surface area contributed by atoms with Gasteiger partial charge in [0.2, 0.25) is 15.9 Å². The van der Waals surface area contributed by atoms with Gasteiger partial charge in [0.1, 0.15) is 0 Å². The molecule has 0 spiro atoms. The van der Waals surface area contributed by atoms with Crippen LogP contribution in [0.4, 0.5) is 0 Å². The summed E-state index contributed by atoms with van der Waals surface area (Å²) in [5, 5.41) is 0. The van der Waals surface area contributed by atoms with Gasteiger partial charge in [0.05, 0.1) is 11.7 Å². The van der Waals surface area contributed by atoms with E-state index in [2.05, 4.69) is 9.71 Å². The highest BCUT2D eigenvalue weighted by atomic mass is 32.2. The third kappa shape index (κ3) is 4.14. The Morgan fingerprint density at radius 1 is 1.23 bits per heavy atom. The Hall–Kier alpha value is -2.21. The summed E-state index contributed by atoms with van der Waals surface area (Å²) >= 11 is 0. The van der Waals surface area contributed by atoms with E-state index in [-0.39, 0.29) is 5.75 Å². The monoisotopic (exact) mass is 318 g/mol. The molecule has 5 nitrogen and oxygen atoms in total. The van der Waals surface area contributed by atoms with Crippen molar-refractivity contribution < 1.29 is 13.2 Å². The zero-order valence-electron chi connectivity index (χ0n) is 12.5. The fraction of sp³-hybridized carbons (Fsp3) is 0.250. The number of carbonyl (C=O) groups excluding carboxylic acids is 1. The van der Waals surface area contributed by atoms with Crippen molar-refractivity contribution in [2.24, 2.45) is 0 Å². The van der Waals surface area contributed by atoms with E-state index in [9.17, 15) is 13.2 Å². The zero-order chi connectivity index (χ0) is 16.2. The van der Waals surface area contributed by atoms with Crippen LogP contribution in [-0.4, -0.2) is 19.3 Å². The number of carbonyl (C=O) groups is 1. The van der Waals surface area contributed by atoms with E-state index in [0.29, 0.717) is 5.56 Å². The number of aromatic nitrogens is 1. The maximum absolute atomic E-state index is 12.2. The molecule has 0 bridgehead atoms. The number of aryl methyl sites for hydroxylation is 1. The highest BCUT2D eigenvalue weighted by molar-refractivity contribution is 7.89. The number of amides is 1. The lowest BCUT2D eigenvalue weighted by molar-refractivity contribution is -0.120. The van der Waals surface area contributed by atoms with E-state index < -0.39 is 21.8 Å². The molecule has 0 saturated heterocycles. The second-order valence-electron chi connectivity index (χ2n) is 5.16. The number of sulfonamides is 1. The van der Waals surface area contributed by atoms with Crippen LogP contribution in [0.5, 0.6) is 0 Å². The normalized spacial score (nSPS) is 12.6. The number of nitrogens with zero attached hydrogens (tertiary/aromatic N) is 1. The van der Waals surface area contributed by atoms with E-state index in [4.69, 9.17) is 0 Å². The lowest BCUT2D eigenvalue weighted by atomic mass is 9.96. The molecule has 1 heterocycles. The molecule has 22 heavy (non-hydrogen) atoms. The topological polar surface area (TPSA) is 76.1 Å². The molecule has 0 saturated carbocycles. The maximum atomic E-state index is 12.2. The zero-order valence-corrected chi connectivity index (χ0v) is 13.3. The van der Waals surface area contributed by atoms with Gasteiger partial charge in [-0.15, -0.1) is 0 Å². The smallest absolute Gasteiger partial charge is 0.240 e. The number of hydrogen-bond donors (Lipinski definition) is 1. The van der Waals surface area contributed by atoms with Gasteiger partial charge in [-0.3, -0.25) is 14.5 Å². The fourth-order valence-corrected chi connectivity index (χ4v) is 3.36. The molecular formula is C16H18N2O3S. The van der Waals surface area contributed by atoms with Crippen LogP contribution in [-0.2, 0) is 20.6 Å². The molecule has 2 aromatic rings. The van der Waals surface area contributed by atoms with Gasteiger partial charge in [0, 0.05) is 12.4 Å². The Morgan fingerprint density at radius 2 is 1.95 bits per heavy atom. The van der Waals surface area contributed by atoms with E-state index in [0.717, 1.165) is 11.1 Å². The quantitative estimate of drug-likeness (QED) is 0.916. The Morgan fingerprint density at radius 3 is 2.59 bits per heavy atom. The first-order chi connectivity index (χ1) is 10.4. The average Bonchev–Trinajstić information content (AvgIpc) is 2.47. The minimum atomic E-state index is -3.74. The Balaban J connectivity index is 2.09. The van der Waals surface area contributed by atoms with Crippen LogP contribution in [0, 0.1) is 6.92 Å².